The predicted molar refractivity (Wildman–Crippen MR) is 134 cm³/mol. The maximum absolute atomic E-state index is 13.2. The first kappa shape index (κ1) is 22.6. The normalized spacial score (nSPS) is 13.6. The molecule has 5 rings (SSSR count). The maximum atomic E-state index is 13.2. The first-order chi connectivity index (χ1) is 17.0. The molecule has 1 aromatic heterocycles. The number of rotatable bonds is 4. The largest absolute Gasteiger partial charge is 0.455 e. The van der Waals surface area contributed by atoms with Crippen LogP contribution in [0.5, 0.6) is 0 Å². The Bertz CT molecular complexity index is 1450. The summed E-state index contributed by atoms with van der Waals surface area (Å²) in [4.78, 5) is 40.6. The van der Waals surface area contributed by atoms with Gasteiger partial charge in [0.2, 0.25) is 0 Å². The molecule has 0 radical (unpaired) electrons. The lowest BCUT2D eigenvalue weighted by Crippen LogP contribution is -2.40. The Hall–Kier alpha value is -4.23. The van der Waals surface area contributed by atoms with Gasteiger partial charge in [-0.05, 0) is 43.3 Å². The van der Waals surface area contributed by atoms with Crippen LogP contribution in [0, 0.1) is 6.92 Å². The van der Waals surface area contributed by atoms with Gasteiger partial charge in [-0.15, -0.1) is 0 Å². The SMILES string of the molecule is Cc1c(-c2ccccc2)oc2c(C(=O)Nc3ccc(C(=O)N4CCOCC4)cc3)cccc2c1=O. The van der Waals surface area contributed by atoms with Crippen molar-refractivity contribution in [2.75, 3.05) is 31.6 Å². The van der Waals surface area contributed by atoms with E-state index in [-0.39, 0.29) is 22.5 Å². The highest BCUT2D eigenvalue weighted by molar-refractivity contribution is 6.11. The molecule has 0 aliphatic carbocycles. The molecule has 0 saturated carbocycles. The summed E-state index contributed by atoms with van der Waals surface area (Å²) in [6.45, 7) is 3.92. The molecule has 4 aromatic rings. The average molecular weight is 469 g/mol. The van der Waals surface area contributed by atoms with Crippen molar-refractivity contribution in [3.63, 3.8) is 0 Å². The fourth-order valence-electron chi connectivity index (χ4n) is 4.20. The summed E-state index contributed by atoms with van der Waals surface area (Å²) >= 11 is 0. The molecule has 1 aliphatic rings. The fourth-order valence-corrected chi connectivity index (χ4v) is 4.20. The van der Waals surface area contributed by atoms with Crippen LogP contribution in [0.3, 0.4) is 0 Å². The molecule has 7 heteroatoms. The number of nitrogens with one attached hydrogen (secondary N) is 1. The lowest BCUT2D eigenvalue weighted by atomic mass is 10.0. The molecule has 0 spiro atoms. The van der Waals surface area contributed by atoms with Crippen molar-refractivity contribution in [2.45, 2.75) is 6.92 Å². The third kappa shape index (κ3) is 4.46. The van der Waals surface area contributed by atoms with E-state index in [1.807, 2.05) is 30.3 Å². The van der Waals surface area contributed by atoms with Gasteiger partial charge in [0, 0.05) is 35.5 Å². The second-order valence-electron chi connectivity index (χ2n) is 8.37. The number of ether oxygens (including phenoxy) is 1. The highest BCUT2D eigenvalue weighted by Gasteiger charge is 2.20. The summed E-state index contributed by atoms with van der Waals surface area (Å²) in [6, 6.07) is 21.0. The Morgan fingerprint density at radius 1 is 0.886 bits per heavy atom. The van der Waals surface area contributed by atoms with Crippen molar-refractivity contribution in [1.82, 2.24) is 4.90 Å². The van der Waals surface area contributed by atoms with E-state index >= 15 is 0 Å². The van der Waals surface area contributed by atoms with Crippen LogP contribution < -0.4 is 10.7 Å². The summed E-state index contributed by atoms with van der Waals surface area (Å²) in [5.74, 6) is -0.0333. The monoisotopic (exact) mass is 468 g/mol. The molecule has 1 N–H and O–H groups in total. The van der Waals surface area contributed by atoms with Crippen LogP contribution in [0.25, 0.3) is 22.3 Å². The highest BCUT2D eigenvalue weighted by atomic mass is 16.5. The zero-order valence-corrected chi connectivity index (χ0v) is 19.2. The first-order valence-electron chi connectivity index (χ1n) is 11.4. The molecule has 35 heavy (non-hydrogen) atoms. The zero-order valence-electron chi connectivity index (χ0n) is 19.2. The van der Waals surface area contributed by atoms with E-state index in [1.165, 1.54) is 0 Å². The second-order valence-corrected chi connectivity index (χ2v) is 8.37. The van der Waals surface area contributed by atoms with Gasteiger partial charge in [0.1, 0.15) is 5.76 Å². The van der Waals surface area contributed by atoms with E-state index in [0.717, 1.165) is 5.56 Å². The number of benzene rings is 3. The maximum Gasteiger partial charge on any atom is 0.259 e. The lowest BCUT2D eigenvalue weighted by Gasteiger charge is -2.26. The standard InChI is InChI=1S/C28H24N2O5/c1-18-24(31)22-8-5-9-23(26(22)35-25(18)19-6-3-2-4-7-19)27(32)29-21-12-10-20(11-13-21)28(33)30-14-16-34-17-15-30/h2-13H,14-17H2,1H3,(H,29,32). The van der Waals surface area contributed by atoms with Crippen LogP contribution in [0.1, 0.15) is 26.3 Å². The Morgan fingerprint density at radius 2 is 1.60 bits per heavy atom. The molecule has 2 amide bonds. The third-order valence-electron chi connectivity index (χ3n) is 6.11. The number of morpholine rings is 1. The van der Waals surface area contributed by atoms with Crippen LogP contribution in [-0.4, -0.2) is 43.0 Å². The molecule has 1 fully saturated rings. The molecule has 1 aliphatic heterocycles. The van der Waals surface area contributed by atoms with Gasteiger partial charge < -0.3 is 19.4 Å². The van der Waals surface area contributed by atoms with Gasteiger partial charge in [0.15, 0.2) is 11.0 Å². The van der Waals surface area contributed by atoms with Crippen molar-refractivity contribution in [1.29, 1.82) is 0 Å². The van der Waals surface area contributed by atoms with Crippen molar-refractivity contribution < 1.29 is 18.7 Å². The molecule has 176 valence electrons. The van der Waals surface area contributed by atoms with Crippen LogP contribution in [0.2, 0.25) is 0 Å². The zero-order chi connectivity index (χ0) is 24.4. The lowest BCUT2D eigenvalue weighted by molar-refractivity contribution is 0.0303. The van der Waals surface area contributed by atoms with Crippen molar-refractivity contribution in [2.24, 2.45) is 0 Å². The third-order valence-corrected chi connectivity index (χ3v) is 6.11. The highest BCUT2D eigenvalue weighted by Crippen LogP contribution is 2.27. The van der Waals surface area contributed by atoms with Crippen LogP contribution in [-0.2, 0) is 4.74 Å². The van der Waals surface area contributed by atoms with Crippen LogP contribution in [0.15, 0.2) is 82.0 Å². The molecule has 1 saturated heterocycles. The predicted octanol–water partition coefficient (Wildman–Crippen LogP) is 4.49. The summed E-state index contributed by atoms with van der Waals surface area (Å²) in [5, 5.41) is 3.19. The van der Waals surface area contributed by atoms with E-state index in [1.54, 1.807) is 54.3 Å². The number of anilines is 1. The van der Waals surface area contributed by atoms with Crippen molar-refractivity contribution in [3.05, 3.63) is 99.7 Å². The average Bonchev–Trinajstić information content (AvgIpc) is 2.91. The molecule has 0 unspecified atom stereocenters. The van der Waals surface area contributed by atoms with E-state index in [9.17, 15) is 14.4 Å². The quantitative estimate of drug-likeness (QED) is 0.477. The minimum Gasteiger partial charge on any atom is -0.455 e. The molecular weight excluding hydrogens is 444 g/mol. The van der Waals surface area contributed by atoms with Gasteiger partial charge in [-0.25, -0.2) is 0 Å². The van der Waals surface area contributed by atoms with Gasteiger partial charge in [-0.3, -0.25) is 14.4 Å². The van der Waals surface area contributed by atoms with Gasteiger partial charge >= 0.3 is 0 Å². The Morgan fingerprint density at radius 3 is 2.31 bits per heavy atom. The number of fused-ring (bicyclic) bond motifs is 1. The number of nitrogens with zero attached hydrogens (tertiary/aromatic N) is 1. The minimum atomic E-state index is -0.408. The van der Waals surface area contributed by atoms with E-state index in [2.05, 4.69) is 5.32 Å². The molecule has 3 aromatic carbocycles. The van der Waals surface area contributed by atoms with Crippen molar-refractivity contribution in [3.8, 4) is 11.3 Å². The number of para-hydroxylation sites is 1. The van der Waals surface area contributed by atoms with E-state index < -0.39 is 5.91 Å². The minimum absolute atomic E-state index is 0.0641. The Balaban J connectivity index is 1.43. The Labute approximate surface area is 201 Å². The Kier molecular flexibility index (Phi) is 6.16. The molecule has 2 heterocycles. The first-order valence-corrected chi connectivity index (χ1v) is 11.4. The van der Waals surface area contributed by atoms with Gasteiger partial charge in [-0.1, -0.05) is 36.4 Å². The smallest absolute Gasteiger partial charge is 0.259 e. The van der Waals surface area contributed by atoms with Gasteiger partial charge in [0.25, 0.3) is 11.8 Å². The fraction of sp³-hybridized carbons (Fsp3) is 0.179. The number of carbonyl (C=O) groups excluding carboxylic acids is 2. The number of carbonyl (C=O) groups is 2. The summed E-state index contributed by atoms with van der Waals surface area (Å²) in [7, 11) is 0. The van der Waals surface area contributed by atoms with E-state index in [4.69, 9.17) is 9.15 Å². The van der Waals surface area contributed by atoms with Gasteiger partial charge in [0.05, 0.1) is 24.2 Å². The summed E-state index contributed by atoms with van der Waals surface area (Å²) in [5.41, 5.74) is 2.64. The van der Waals surface area contributed by atoms with E-state index in [0.29, 0.717) is 54.3 Å². The molecule has 7 nitrogen and oxygen atoms in total. The van der Waals surface area contributed by atoms with Crippen LogP contribution >= 0.6 is 0 Å². The summed E-state index contributed by atoms with van der Waals surface area (Å²) < 4.78 is 11.4. The van der Waals surface area contributed by atoms with Crippen LogP contribution in [0.4, 0.5) is 5.69 Å². The topological polar surface area (TPSA) is 88.8 Å². The molecule has 0 bridgehead atoms. The van der Waals surface area contributed by atoms with Crippen molar-refractivity contribution >= 4 is 28.5 Å². The summed E-state index contributed by atoms with van der Waals surface area (Å²) in [6.07, 6.45) is 0. The van der Waals surface area contributed by atoms with Gasteiger partial charge in [-0.2, -0.15) is 0 Å². The molecule has 0 atom stereocenters. The second kappa shape index (κ2) is 9.56. The number of hydrogen-bond donors (Lipinski definition) is 1. The number of amides is 2. The molecular formula is C28H24N2O5. The number of hydrogen-bond acceptors (Lipinski definition) is 5.